The second kappa shape index (κ2) is 9.55. The average Bonchev–Trinajstić information content (AvgIpc) is 3.27. The first-order valence-corrected chi connectivity index (χ1v) is 11.1. The van der Waals surface area contributed by atoms with Crippen LogP contribution in [0.3, 0.4) is 0 Å². The fourth-order valence-electron chi connectivity index (χ4n) is 4.87. The lowest BCUT2D eigenvalue weighted by molar-refractivity contribution is -0.145. The number of pyridine rings is 1. The fraction of sp³-hybridized carbons (Fsp3) is 0.636. The van der Waals surface area contributed by atoms with E-state index in [0.717, 1.165) is 19.0 Å². The van der Waals surface area contributed by atoms with Crippen molar-refractivity contribution in [3.63, 3.8) is 0 Å². The zero-order valence-corrected chi connectivity index (χ0v) is 17.9. The number of hydrogen-bond donors (Lipinski definition) is 2. The maximum atomic E-state index is 6.06. The molecule has 8 nitrogen and oxygen atoms in total. The van der Waals surface area contributed by atoms with Gasteiger partial charge in [0.15, 0.2) is 11.8 Å². The van der Waals surface area contributed by atoms with Gasteiger partial charge in [-0.2, -0.15) is 4.98 Å². The summed E-state index contributed by atoms with van der Waals surface area (Å²) in [6.45, 7) is 3.56. The van der Waals surface area contributed by atoms with Crippen LogP contribution >= 0.6 is 0 Å². The lowest BCUT2D eigenvalue weighted by Gasteiger charge is -2.57. The maximum Gasteiger partial charge on any atom is 0.276 e. The second-order valence-electron chi connectivity index (χ2n) is 8.15. The van der Waals surface area contributed by atoms with Crippen molar-refractivity contribution in [2.75, 3.05) is 20.2 Å². The largest absolute Gasteiger partial charge is 0.378 e. The first-order chi connectivity index (χ1) is 14.7. The van der Waals surface area contributed by atoms with Crippen molar-refractivity contribution in [2.24, 2.45) is 10.4 Å². The molecule has 2 atom stereocenters. The number of nitrogens with zero attached hydrogens (tertiary/aromatic N) is 4. The van der Waals surface area contributed by atoms with Crippen molar-refractivity contribution in [3.8, 4) is 11.6 Å². The normalized spacial score (nSPS) is 23.2. The van der Waals surface area contributed by atoms with Crippen LogP contribution in [0, 0.1) is 5.41 Å². The Morgan fingerprint density at radius 2 is 2.17 bits per heavy atom. The van der Waals surface area contributed by atoms with E-state index < -0.39 is 0 Å². The van der Waals surface area contributed by atoms with Crippen LogP contribution in [0.2, 0.25) is 0 Å². The molecule has 0 saturated heterocycles. The first kappa shape index (κ1) is 20.8. The number of guanidine groups is 1. The fourth-order valence-corrected chi connectivity index (χ4v) is 4.87. The molecule has 4 rings (SSSR count). The van der Waals surface area contributed by atoms with E-state index in [1.807, 2.05) is 25.2 Å². The predicted octanol–water partition coefficient (Wildman–Crippen LogP) is 2.97. The highest BCUT2D eigenvalue weighted by atomic mass is 16.5. The topological polar surface area (TPSA) is 97.5 Å². The number of aromatic nitrogens is 3. The Morgan fingerprint density at radius 1 is 1.30 bits per heavy atom. The van der Waals surface area contributed by atoms with E-state index in [2.05, 4.69) is 37.7 Å². The maximum absolute atomic E-state index is 6.06. The zero-order valence-electron chi connectivity index (χ0n) is 17.9. The molecule has 2 aromatic rings. The predicted molar refractivity (Wildman–Crippen MR) is 115 cm³/mol. The minimum absolute atomic E-state index is 0.261. The van der Waals surface area contributed by atoms with Crippen molar-refractivity contribution >= 4 is 5.96 Å². The lowest BCUT2D eigenvalue weighted by atomic mass is 9.55. The highest BCUT2D eigenvalue weighted by molar-refractivity contribution is 5.80. The zero-order chi connectivity index (χ0) is 20.8. The first-order valence-electron chi connectivity index (χ1n) is 11.1. The summed E-state index contributed by atoms with van der Waals surface area (Å²) in [6.07, 6.45) is 10.2. The molecule has 2 heterocycles. The molecule has 0 aliphatic heterocycles. The Hall–Kier alpha value is -2.48. The smallest absolute Gasteiger partial charge is 0.276 e. The van der Waals surface area contributed by atoms with Gasteiger partial charge in [-0.1, -0.05) is 30.5 Å². The minimum Gasteiger partial charge on any atom is -0.378 e. The molecule has 0 aromatic carbocycles. The summed E-state index contributed by atoms with van der Waals surface area (Å²) in [5.74, 6) is 1.93. The van der Waals surface area contributed by atoms with E-state index in [9.17, 15) is 0 Å². The van der Waals surface area contributed by atoms with Gasteiger partial charge >= 0.3 is 0 Å². The Balaban J connectivity index is 1.29. The van der Waals surface area contributed by atoms with E-state index in [1.165, 1.54) is 32.1 Å². The third-order valence-corrected chi connectivity index (χ3v) is 6.47. The molecule has 2 N–H and O–H groups in total. The van der Waals surface area contributed by atoms with Crippen LogP contribution in [-0.4, -0.2) is 53.4 Å². The molecule has 1 spiro atoms. The van der Waals surface area contributed by atoms with Gasteiger partial charge in [-0.15, -0.1) is 0 Å². The molecule has 2 fully saturated rings. The van der Waals surface area contributed by atoms with Crippen molar-refractivity contribution in [2.45, 2.75) is 64.0 Å². The summed E-state index contributed by atoms with van der Waals surface area (Å²) in [5, 5.41) is 11.1. The summed E-state index contributed by atoms with van der Waals surface area (Å²) in [7, 11) is 1.81. The third kappa shape index (κ3) is 4.33. The van der Waals surface area contributed by atoms with Crippen molar-refractivity contribution in [3.05, 3.63) is 30.2 Å². The number of aliphatic imine (C=N–C) groups is 1. The van der Waals surface area contributed by atoms with Gasteiger partial charge in [-0.05, 0) is 38.3 Å². The summed E-state index contributed by atoms with van der Waals surface area (Å²) in [6, 6.07) is 6.04. The molecular formula is C22H32N6O2. The summed E-state index contributed by atoms with van der Waals surface area (Å²) in [5.41, 5.74) is 0.949. The van der Waals surface area contributed by atoms with Crippen LogP contribution in [0.1, 0.15) is 51.3 Å². The SMILES string of the molecule is CCOC1CC(NC(=NC)NCCc2noc(-c3ccccn3)n2)C12CCCCC2. The molecular weight excluding hydrogens is 380 g/mol. The number of ether oxygens (including phenoxy) is 1. The van der Waals surface area contributed by atoms with Gasteiger partial charge in [0, 0.05) is 44.3 Å². The van der Waals surface area contributed by atoms with Gasteiger partial charge in [0.25, 0.3) is 5.89 Å². The summed E-state index contributed by atoms with van der Waals surface area (Å²) in [4.78, 5) is 13.1. The second-order valence-corrected chi connectivity index (χ2v) is 8.15. The van der Waals surface area contributed by atoms with E-state index in [4.69, 9.17) is 9.26 Å². The summed E-state index contributed by atoms with van der Waals surface area (Å²) >= 11 is 0. The molecule has 0 bridgehead atoms. The van der Waals surface area contributed by atoms with Crippen molar-refractivity contribution in [1.29, 1.82) is 0 Å². The molecule has 30 heavy (non-hydrogen) atoms. The van der Waals surface area contributed by atoms with E-state index in [1.54, 1.807) is 6.20 Å². The number of hydrogen-bond acceptors (Lipinski definition) is 6. The molecule has 2 saturated carbocycles. The van der Waals surface area contributed by atoms with Gasteiger partial charge < -0.3 is 19.9 Å². The van der Waals surface area contributed by atoms with Gasteiger partial charge in [0.1, 0.15) is 5.69 Å². The van der Waals surface area contributed by atoms with E-state index >= 15 is 0 Å². The van der Waals surface area contributed by atoms with Gasteiger partial charge in [-0.25, -0.2) is 0 Å². The average molecular weight is 413 g/mol. The van der Waals surface area contributed by atoms with Crippen LogP contribution in [-0.2, 0) is 11.2 Å². The highest BCUT2D eigenvalue weighted by Gasteiger charge is 2.55. The molecule has 0 radical (unpaired) electrons. The molecule has 2 aromatic heterocycles. The van der Waals surface area contributed by atoms with Crippen molar-refractivity contribution < 1.29 is 9.26 Å². The van der Waals surface area contributed by atoms with Gasteiger partial charge in [-0.3, -0.25) is 9.98 Å². The molecule has 0 amide bonds. The van der Waals surface area contributed by atoms with E-state index in [-0.39, 0.29) is 5.41 Å². The Morgan fingerprint density at radius 3 is 2.90 bits per heavy atom. The molecule has 2 aliphatic rings. The minimum atomic E-state index is 0.261. The summed E-state index contributed by atoms with van der Waals surface area (Å²) < 4.78 is 11.4. The Labute approximate surface area is 177 Å². The number of rotatable bonds is 7. The van der Waals surface area contributed by atoms with Crippen molar-refractivity contribution in [1.82, 2.24) is 25.8 Å². The molecule has 162 valence electrons. The van der Waals surface area contributed by atoms with Crippen LogP contribution < -0.4 is 10.6 Å². The highest BCUT2D eigenvalue weighted by Crippen LogP contribution is 2.53. The monoisotopic (exact) mass is 412 g/mol. The molecule has 2 aliphatic carbocycles. The number of nitrogens with one attached hydrogen (secondary N) is 2. The van der Waals surface area contributed by atoms with E-state index in [0.29, 0.717) is 42.5 Å². The third-order valence-electron chi connectivity index (χ3n) is 6.47. The standard InChI is InChI=1S/C22H32N6O2/c1-3-29-18-15-17(22(18)11-6-4-7-12-22)26-21(23-2)25-14-10-19-27-20(30-28-19)16-9-5-8-13-24-16/h5,8-9,13,17-18H,3-4,6-7,10-12,14-15H2,1-2H3,(H2,23,25,26). The Kier molecular flexibility index (Phi) is 6.62. The Bertz CT molecular complexity index is 831. The van der Waals surface area contributed by atoms with Gasteiger partial charge in [0.05, 0.1) is 6.10 Å². The van der Waals surface area contributed by atoms with Crippen LogP contribution in [0.4, 0.5) is 0 Å². The molecule has 8 heteroatoms. The van der Waals surface area contributed by atoms with Crippen LogP contribution in [0.5, 0.6) is 0 Å². The van der Waals surface area contributed by atoms with Crippen LogP contribution in [0.25, 0.3) is 11.6 Å². The van der Waals surface area contributed by atoms with Gasteiger partial charge in [0.2, 0.25) is 0 Å². The molecule has 2 unspecified atom stereocenters. The quantitative estimate of drug-likeness (QED) is 0.533. The lowest BCUT2D eigenvalue weighted by Crippen LogP contribution is -2.66. The van der Waals surface area contributed by atoms with Crippen LogP contribution in [0.15, 0.2) is 33.9 Å².